The van der Waals surface area contributed by atoms with Crippen molar-refractivity contribution in [2.45, 2.75) is 32.7 Å². The third kappa shape index (κ3) is 3.80. The molecule has 1 aromatic carbocycles. The van der Waals surface area contributed by atoms with E-state index in [2.05, 4.69) is 47.6 Å². The van der Waals surface area contributed by atoms with E-state index < -0.39 is 0 Å². The normalized spacial score (nSPS) is 12.5. The molecule has 1 unspecified atom stereocenters. The molecule has 0 bridgehead atoms. The fourth-order valence-electron chi connectivity index (χ4n) is 1.49. The van der Waals surface area contributed by atoms with Crippen molar-refractivity contribution in [3.63, 3.8) is 0 Å². The summed E-state index contributed by atoms with van der Waals surface area (Å²) >= 11 is 3.55. The summed E-state index contributed by atoms with van der Waals surface area (Å²) in [5.74, 6) is 0. The minimum atomic E-state index is 0.0941. The van der Waals surface area contributed by atoms with Gasteiger partial charge < -0.3 is 5.73 Å². The second-order valence-electron chi connectivity index (χ2n) is 4.13. The Morgan fingerprint density at radius 2 is 2.20 bits per heavy atom. The summed E-state index contributed by atoms with van der Waals surface area (Å²) < 4.78 is 1.11. The molecule has 1 nitrogen and oxygen atoms in total. The molecule has 0 saturated carbocycles. The SMILES string of the molecule is C=C(C)CCC(N)c1ccc(C)cc1Br. The maximum Gasteiger partial charge on any atom is 0.0309 e. The van der Waals surface area contributed by atoms with Crippen LogP contribution in [0.3, 0.4) is 0 Å². The van der Waals surface area contributed by atoms with Gasteiger partial charge in [-0.25, -0.2) is 0 Å². The van der Waals surface area contributed by atoms with Crippen LogP contribution in [0, 0.1) is 6.92 Å². The molecule has 0 aromatic heterocycles. The van der Waals surface area contributed by atoms with Crippen LogP contribution in [0.4, 0.5) is 0 Å². The quantitative estimate of drug-likeness (QED) is 0.817. The number of hydrogen-bond acceptors (Lipinski definition) is 1. The minimum absolute atomic E-state index is 0.0941. The van der Waals surface area contributed by atoms with E-state index >= 15 is 0 Å². The van der Waals surface area contributed by atoms with E-state index in [0.29, 0.717) is 0 Å². The number of allylic oxidation sites excluding steroid dienone is 1. The lowest BCUT2D eigenvalue weighted by molar-refractivity contribution is 0.646. The van der Waals surface area contributed by atoms with Crippen molar-refractivity contribution in [3.05, 3.63) is 46.0 Å². The van der Waals surface area contributed by atoms with Gasteiger partial charge in [0.25, 0.3) is 0 Å². The molecule has 0 spiro atoms. The molecule has 0 heterocycles. The van der Waals surface area contributed by atoms with Gasteiger partial charge in [0.15, 0.2) is 0 Å². The molecule has 1 rings (SSSR count). The van der Waals surface area contributed by atoms with Crippen LogP contribution >= 0.6 is 15.9 Å². The fourth-order valence-corrected chi connectivity index (χ4v) is 2.28. The second kappa shape index (κ2) is 5.47. The number of rotatable bonds is 4. The Morgan fingerprint density at radius 3 is 2.73 bits per heavy atom. The van der Waals surface area contributed by atoms with Crippen molar-refractivity contribution in [1.82, 2.24) is 0 Å². The maximum atomic E-state index is 6.12. The highest BCUT2D eigenvalue weighted by atomic mass is 79.9. The van der Waals surface area contributed by atoms with Crippen molar-refractivity contribution in [2.24, 2.45) is 5.73 Å². The molecule has 2 heteroatoms. The Hall–Kier alpha value is -0.600. The topological polar surface area (TPSA) is 26.0 Å². The summed E-state index contributed by atoms with van der Waals surface area (Å²) in [5.41, 5.74) is 9.74. The van der Waals surface area contributed by atoms with Gasteiger partial charge in [0, 0.05) is 10.5 Å². The van der Waals surface area contributed by atoms with Crippen LogP contribution < -0.4 is 5.73 Å². The highest BCUT2D eigenvalue weighted by Crippen LogP contribution is 2.26. The number of aryl methyl sites for hydroxylation is 1. The molecule has 1 atom stereocenters. The third-order valence-electron chi connectivity index (χ3n) is 2.44. The van der Waals surface area contributed by atoms with Crippen molar-refractivity contribution >= 4 is 15.9 Å². The Kier molecular flexibility index (Phi) is 4.55. The summed E-state index contributed by atoms with van der Waals surface area (Å²) in [6.07, 6.45) is 1.94. The Morgan fingerprint density at radius 1 is 1.53 bits per heavy atom. The minimum Gasteiger partial charge on any atom is -0.324 e. The lowest BCUT2D eigenvalue weighted by Crippen LogP contribution is -2.11. The maximum absolute atomic E-state index is 6.12. The molecule has 0 aliphatic carbocycles. The molecule has 0 aliphatic heterocycles. The number of nitrogens with two attached hydrogens (primary N) is 1. The number of halogens is 1. The van der Waals surface area contributed by atoms with E-state index in [-0.39, 0.29) is 6.04 Å². The Balaban J connectivity index is 2.73. The predicted octanol–water partition coefficient (Wildman–Crippen LogP) is 4.11. The average Bonchev–Trinajstić information content (AvgIpc) is 2.14. The molecule has 0 saturated heterocycles. The summed E-state index contributed by atoms with van der Waals surface area (Å²) in [6, 6.07) is 6.40. The number of hydrogen-bond donors (Lipinski definition) is 1. The molecule has 0 amide bonds. The standard InChI is InChI=1S/C13H18BrN/c1-9(2)4-7-13(15)11-6-5-10(3)8-12(11)14/h5-6,8,13H,1,4,7,15H2,2-3H3. The van der Waals surface area contributed by atoms with Crippen LogP contribution in [0.1, 0.15) is 36.9 Å². The summed E-state index contributed by atoms with van der Waals surface area (Å²) in [7, 11) is 0. The van der Waals surface area contributed by atoms with Gasteiger partial charge in [-0.15, -0.1) is 6.58 Å². The monoisotopic (exact) mass is 267 g/mol. The van der Waals surface area contributed by atoms with Crippen molar-refractivity contribution < 1.29 is 0 Å². The first-order chi connectivity index (χ1) is 7.00. The lowest BCUT2D eigenvalue weighted by atomic mass is 10.00. The van der Waals surface area contributed by atoms with E-state index in [1.165, 1.54) is 16.7 Å². The van der Waals surface area contributed by atoms with Gasteiger partial charge in [-0.2, -0.15) is 0 Å². The molecule has 15 heavy (non-hydrogen) atoms. The average molecular weight is 268 g/mol. The van der Waals surface area contributed by atoms with E-state index in [9.17, 15) is 0 Å². The molecule has 1 aromatic rings. The largest absolute Gasteiger partial charge is 0.324 e. The van der Waals surface area contributed by atoms with E-state index in [1.807, 2.05) is 6.92 Å². The molecule has 2 N–H and O–H groups in total. The van der Waals surface area contributed by atoms with E-state index in [0.717, 1.165) is 17.3 Å². The molecule has 0 fully saturated rings. The molecular weight excluding hydrogens is 250 g/mol. The van der Waals surface area contributed by atoms with Gasteiger partial charge in [0.05, 0.1) is 0 Å². The molecule has 0 aliphatic rings. The lowest BCUT2D eigenvalue weighted by Gasteiger charge is -2.14. The summed E-state index contributed by atoms with van der Waals surface area (Å²) in [5, 5.41) is 0. The van der Waals surface area contributed by atoms with Crippen molar-refractivity contribution in [1.29, 1.82) is 0 Å². The Labute approximate surface area is 101 Å². The summed E-state index contributed by atoms with van der Waals surface area (Å²) in [4.78, 5) is 0. The third-order valence-corrected chi connectivity index (χ3v) is 3.12. The fraction of sp³-hybridized carbons (Fsp3) is 0.385. The van der Waals surface area contributed by atoms with Crippen molar-refractivity contribution in [3.8, 4) is 0 Å². The van der Waals surface area contributed by atoms with Crippen molar-refractivity contribution in [2.75, 3.05) is 0 Å². The smallest absolute Gasteiger partial charge is 0.0309 e. The van der Waals surface area contributed by atoms with Crippen LogP contribution in [0.15, 0.2) is 34.8 Å². The highest BCUT2D eigenvalue weighted by Gasteiger charge is 2.09. The zero-order chi connectivity index (χ0) is 11.4. The van der Waals surface area contributed by atoms with Gasteiger partial charge in [-0.1, -0.05) is 33.6 Å². The first-order valence-corrected chi connectivity index (χ1v) is 5.96. The second-order valence-corrected chi connectivity index (χ2v) is 4.98. The first kappa shape index (κ1) is 12.5. The number of benzene rings is 1. The Bertz CT molecular complexity index is 358. The zero-order valence-corrected chi connectivity index (χ0v) is 11.0. The van der Waals surface area contributed by atoms with Gasteiger partial charge >= 0.3 is 0 Å². The predicted molar refractivity (Wildman–Crippen MR) is 69.9 cm³/mol. The molecular formula is C13H18BrN. The van der Waals surface area contributed by atoms with Gasteiger partial charge in [0.2, 0.25) is 0 Å². The van der Waals surface area contributed by atoms with Gasteiger partial charge in [-0.05, 0) is 43.9 Å². The van der Waals surface area contributed by atoms with Crippen LogP contribution in [-0.4, -0.2) is 0 Å². The first-order valence-electron chi connectivity index (χ1n) is 5.16. The van der Waals surface area contributed by atoms with Gasteiger partial charge in [-0.3, -0.25) is 0 Å². The molecule has 82 valence electrons. The van der Waals surface area contributed by atoms with Crippen LogP contribution in [-0.2, 0) is 0 Å². The van der Waals surface area contributed by atoms with Crippen LogP contribution in [0.2, 0.25) is 0 Å². The molecule has 0 radical (unpaired) electrons. The van der Waals surface area contributed by atoms with E-state index in [1.54, 1.807) is 0 Å². The highest BCUT2D eigenvalue weighted by molar-refractivity contribution is 9.10. The summed E-state index contributed by atoms with van der Waals surface area (Å²) in [6.45, 7) is 8.01. The van der Waals surface area contributed by atoms with Crippen LogP contribution in [0.25, 0.3) is 0 Å². The van der Waals surface area contributed by atoms with E-state index in [4.69, 9.17) is 5.73 Å². The van der Waals surface area contributed by atoms with Gasteiger partial charge in [0.1, 0.15) is 0 Å². The van der Waals surface area contributed by atoms with Crippen LogP contribution in [0.5, 0.6) is 0 Å². The zero-order valence-electron chi connectivity index (χ0n) is 9.39.